The third kappa shape index (κ3) is 2.44. The molecule has 0 saturated heterocycles. The molecule has 0 saturated carbocycles. The van der Waals surface area contributed by atoms with Gasteiger partial charge in [-0.15, -0.1) is 22.7 Å². The zero-order valence-corrected chi connectivity index (χ0v) is 14.1. The molecule has 1 aromatic carbocycles. The van der Waals surface area contributed by atoms with Crippen molar-refractivity contribution in [3.63, 3.8) is 0 Å². The van der Waals surface area contributed by atoms with Gasteiger partial charge in [0.15, 0.2) is 0 Å². The summed E-state index contributed by atoms with van der Waals surface area (Å²) in [6, 6.07) is 13.5. The third-order valence-electron chi connectivity index (χ3n) is 3.83. The molecule has 0 N–H and O–H groups in total. The summed E-state index contributed by atoms with van der Waals surface area (Å²) in [4.78, 5) is 19.2. The lowest BCUT2D eigenvalue weighted by Gasteiger charge is -2.07. The highest BCUT2D eigenvalue weighted by atomic mass is 32.1. The zero-order valence-electron chi connectivity index (χ0n) is 12.5. The van der Waals surface area contributed by atoms with Gasteiger partial charge in [-0.25, -0.2) is 4.98 Å². The molecular formula is C18H11N3OS2. The largest absolute Gasteiger partial charge is 0.294 e. The van der Waals surface area contributed by atoms with Crippen LogP contribution in [0.25, 0.3) is 20.7 Å². The van der Waals surface area contributed by atoms with Crippen molar-refractivity contribution in [3.8, 4) is 16.5 Å². The van der Waals surface area contributed by atoms with Crippen LogP contribution < -0.4 is 5.56 Å². The Bertz CT molecular complexity index is 1120. The van der Waals surface area contributed by atoms with E-state index in [0.29, 0.717) is 17.5 Å². The molecule has 24 heavy (non-hydrogen) atoms. The van der Waals surface area contributed by atoms with Gasteiger partial charge >= 0.3 is 0 Å². The van der Waals surface area contributed by atoms with E-state index in [1.165, 1.54) is 11.3 Å². The summed E-state index contributed by atoms with van der Waals surface area (Å²) in [6.07, 6.45) is 1.56. The number of nitriles is 1. The highest BCUT2D eigenvalue weighted by molar-refractivity contribution is 7.18. The molecule has 0 aliphatic rings. The molecule has 4 rings (SSSR count). The van der Waals surface area contributed by atoms with E-state index in [1.54, 1.807) is 28.3 Å². The van der Waals surface area contributed by atoms with E-state index < -0.39 is 0 Å². The first-order chi connectivity index (χ1) is 11.8. The van der Waals surface area contributed by atoms with Gasteiger partial charge in [-0.2, -0.15) is 5.26 Å². The SMILES string of the molecule is N#Cc1ccccc1Cn1cnc2scc(-c3cccs3)c2c1=O. The Morgan fingerprint density at radius 3 is 2.83 bits per heavy atom. The van der Waals surface area contributed by atoms with Gasteiger partial charge in [0.1, 0.15) is 4.83 Å². The quantitative estimate of drug-likeness (QED) is 0.559. The summed E-state index contributed by atoms with van der Waals surface area (Å²) >= 11 is 3.09. The topological polar surface area (TPSA) is 58.7 Å². The summed E-state index contributed by atoms with van der Waals surface area (Å²) in [5.74, 6) is 0. The van der Waals surface area contributed by atoms with Crippen LogP contribution in [0.4, 0.5) is 0 Å². The van der Waals surface area contributed by atoms with Crippen LogP contribution in [0.15, 0.2) is 58.3 Å². The second kappa shape index (κ2) is 6.04. The molecule has 0 unspecified atom stereocenters. The van der Waals surface area contributed by atoms with E-state index >= 15 is 0 Å². The normalized spacial score (nSPS) is 10.8. The summed E-state index contributed by atoms with van der Waals surface area (Å²) in [5.41, 5.74) is 2.26. The van der Waals surface area contributed by atoms with Crippen LogP contribution in [0.1, 0.15) is 11.1 Å². The lowest BCUT2D eigenvalue weighted by molar-refractivity contribution is 0.748. The zero-order chi connectivity index (χ0) is 16.5. The summed E-state index contributed by atoms with van der Waals surface area (Å²) < 4.78 is 1.57. The van der Waals surface area contributed by atoms with Crippen molar-refractivity contribution < 1.29 is 0 Å². The Kier molecular flexibility index (Phi) is 3.73. The van der Waals surface area contributed by atoms with E-state index in [0.717, 1.165) is 20.8 Å². The number of hydrogen-bond donors (Lipinski definition) is 0. The molecule has 116 valence electrons. The van der Waals surface area contributed by atoms with Crippen LogP contribution in [0, 0.1) is 11.3 Å². The first-order valence-corrected chi connectivity index (χ1v) is 9.02. The predicted molar refractivity (Wildman–Crippen MR) is 97.5 cm³/mol. The number of aromatic nitrogens is 2. The molecule has 0 amide bonds. The first kappa shape index (κ1) is 14.8. The predicted octanol–water partition coefficient (Wildman–Crippen LogP) is 4.11. The van der Waals surface area contributed by atoms with Crippen molar-refractivity contribution in [1.82, 2.24) is 9.55 Å². The van der Waals surface area contributed by atoms with Gasteiger partial charge in [-0.1, -0.05) is 24.3 Å². The van der Waals surface area contributed by atoms with Crippen LogP contribution in [-0.2, 0) is 6.54 Å². The molecule has 0 fully saturated rings. The van der Waals surface area contributed by atoms with Crippen molar-refractivity contribution in [2.45, 2.75) is 6.54 Å². The molecule has 6 heteroatoms. The number of fused-ring (bicyclic) bond motifs is 1. The fourth-order valence-corrected chi connectivity index (χ4v) is 4.36. The molecule has 3 aromatic heterocycles. The molecule has 0 radical (unpaired) electrons. The maximum Gasteiger partial charge on any atom is 0.263 e. The smallest absolute Gasteiger partial charge is 0.263 e. The summed E-state index contributed by atoms with van der Waals surface area (Å²) in [7, 11) is 0. The number of hydrogen-bond acceptors (Lipinski definition) is 5. The van der Waals surface area contributed by atoms with Crippen molar-refractivity contribution in [3.05, 3.63) is 75.0 Å². The third-order valence-corrected chi connectivity index (χ3v) is 5.62. The molecule has 0 aliphatic carbocycles. The minimum Gasteiger partial charge on any atom is -0.294 e. The Balaban J connectivity index is 1.86. The number of benzene rings is 1. The lowest BCUT2D eigenvalue weighted by Crippen LogP contribution is -2.21. The van der Waals surface area contributed by atoms with E-state index in [9.17, 15) is 10.1 Å². The van der Waals surface area contributed by atoms with Crippen LogP contribution in [0.5, 0.6) is 0 Å². The first-order valence-electron chi connectivity index (χ1n) is 7.26. The van der Waals surface area contributed by atoms with E-state index in [4.69, 9.17) is 0 Å². The summed E-state index contributed by atoms with van der Waals surface area (Å²) in [6.45, 7) is 0.339. The fraction of sp³-hybridized carbons (Fsp3) is 0.0556. The maximum absolute atomic E-state index is 13.0. The molecular weight excluding hydrogens is 338 g/mol. The Morgan fingerprint density at radius 2 is 2.04 bits per heavy atom. The van der Waals surface area contributed by atoms with Crippen molar-refractivity contribution >= 4 is 32.9 Å². The van der Waals surface area contributed by atoms with E-state index in [1.807, 2.05) is 41.1 Å². The number of nitrogens with zero attached hydrogens (tertiary/aromatic N) is 3. The minimum atomic E-state index is -0.0719. The Labute approximate surface area is 145 Å². The van der Waals surface area contributed by atoms with Crippen LogP contribution in [-0.4, -0.2) is 9.55 Å². The molecule has 4 nitrogen and oxygen atoms in total. The van der Waals surface area contributed by atoms with Gasteiger partial charge in [-0.05, 0) is 23.1 Å². The molecule has 4 aromatic rings. The fourth-order valence-electron chi connectivity index (χ4n) is 2.64. The van der Waals surface area contributed by atoms with Crippen molar-refractivity contribution in [2.75, 3.05) is 0 Å². The van der Waals surface area contributed by atoms with Crippen LogP contribution in [0.3, 0.4) is 0 Å². The van der Waals surface area contributed by atoms with E-state index in [-0.39, 0.29) is 5.56 Å². The summed E-state index contributed by atoms with van der Waals surface area (Å²) in [5, 5.41) is 13.9. The number of thiophene rings is 2. The average molecular weight is 349 g/mol. The number of rotatable bonds is 3. The van der Waals surface area contributed by atoms with Gasteiger partial charge in [0, 0.05) is 15.8 Å². The molecule has 0 bridgehead atoms. The molecule has 3 heterocycles. The second-order valence-electron chi connectivity index (χ2n) is 5.25. The van der Waals surface area contributed by atoms with Crippen LogP contribution in [0.2, 0.25) is 0 Å². The van der Waals surface area contributed by atoms with Gasteiger partial charge in [0.2, 0.25) is 0 Å². The highest BCUT2D eigenvalue weighted by Crippen LogP contribution is 2.33. The maximum atomic E-state index is 13.0. The molecule has 0 aliphatic heterocycles. The Morgan fingerprint density at radius 1 is 1.17 bits per heavy atom. The minimum absolute atomic E-state index is 0.0719. The van der Waals surface area contributed by atoms with Gasteiger partial charge in [0.25, 0.3) is 5.56 Å². The molecule has 0 spiro atoms. The van der Waals surface area contributed by atoms with Crippen molar-refractivity contribution in [1.29, 1.82) is 5.26 Å². The van der Waals surface area contributed by atoms with Crippen LogP contribution >= 0.6 is 22.7 Å². The van der Waals surface area contributed by atoms with Gasteiger partial charge in [0.05, 0.1) is 29.9 Å². The highest BCUT2D eigenvalue weighted by Gasteiger charge is 2.14. The lowest BCUT2D eigenvalue weighted by atomic mass is 10.1. The van der Waals surface area contributed by atoms with E-state index in [2.05, 4.69) is 11.1 Å². The van der Waals surface area contributed by atoms with Gasteiger partial charge in [-0.3, -0.25) is 9.36 Å². The van der Waals surface area contributed by atoms with Crippen molar-refractivity contribution in [2.24, 2.45) is 0 Å². The average Bonchev–Trinajstić information content (AvgIpc) is 3.27. The second-order valence-corrected chi connectivity index (χ2v) is 7.06. The standard InChI is InChI=1S/C18H11N3OS2/c19-8-12-4-1-2-5-13(12)9-21-11-20-17-16(18(21)22)14(10-24-17)15-6-3-7-23-15/h1-7,10-11H,9H2. The monoisotopic (exact) mass is 349 g/mol. The van der Waals surface area contributed by atoms with Gasteiger partial charge < -0.3 is 0 Å². The molecule has 0 atom stereocenters. The Hall–Kier alpha value is -2.75.